The smallest absolute Gasteiger partial charge is 0.270 e. The molecule has 1 saturated heterocycles. The van der Waals surface area contributed by atoms with Crippen LogP contribution in [-0.2, 0) is 4.79 Å². The quantitative estimate of drug-likeness (QED) is 0.166. The lowest BCUT2D eigenvalue weighted by atomic mass is 10.1. The summed E-state index contributed by atoms with van der Waals surface area (Å²) in [6.45, 7) is 8.34. The maximum absolute atomic E-state index is 13.3. The number of aromatic nitrogens is 2. The number of hydrogen-bond donors (Lipinski definition) is 2. The molecule has 1 fully saturated rings. The summed E-state index contributed by atoms with van der Waals surface area (Å²) in [6, 6.07) is 15.6. The summed E-state index contributed by atoms with van der Waals surface area (Å²) in [5.41, 5.74) is 2.47. The average molecular weight is 598 g/mol. The van der Waals surface area contributed by atoms with Crippen LogP contribution in [0.5, 0.6) is 0 Å². The first-order valence-corrected chi connectivity index (χ1v) is 15.8. The Morgan fingerprint density at radius 2 is 1.88 bits per heavy atom. The van der Waals surface area contributed by atoms with Gasteiger partial charge in [0.25, 0.3) is 5.91 Å². The summed E-state index contributed by atoms with van der Waals surface area (Å²) < 4.78 is 5.58. The lowest BCUT2D eigenvalue weighted by Crippen LogP contribution is -2.35. The van der Waals surface area contributed by atoms with Crippen LogP contribution in [0, 0.1) is 0 Å². The van der Waals surface area contributed by atoms with Gasteiger partial charge in [0.2, 0.25) is 6.41 Å². The van der Waals surface area contributed by atoms with E-state index >= 15 is 0 Å². The number of nitrogens with one attached hydrogen (secondary N) is 1. The van der Waals surface area contributed by atoms with Gasteiger partial charge in [-0.05, 0) is 50.3 Å². The second-order valence-electron chi connectivity index (χ2n) is 8.94. The number of amides is 2. The molecule has 0 aliphatic carbocycles. The number of thiophene rings is 1. The van der Waals surface area contributed by atoms with Gasteiger partial charge in [-0.2, -0.15) is 0 Å². The molecular weight excluding hydrogens is 558 g/mol. The number of nitrogens with zero attached hydrogens (tertiary/aromatic N) is 4. The van der Waals surface area contributed by atoms with Gasteiger partial charge in [-0.3, -0.25) is 14.5 Å². The number of aliphatic hydroxyl groups excluding tert-OH is 1. The topological polar surface area (TPSA) is 112 Å². The Kier molecular flexibility index (Phi) is 14.2. The van der Waals surface area contributed by atoms with Crippen molar-refractivity contribution in [1.82, 2.24) is 20.4 Å². The minimum atomic E-state index is 0.00656. The van der Waals surface area contributed by atoms with E-state index in [-0.39, 0.29) is 12.5 Å². The van der Waals surface area contributed by atoms with E-state index < -0.39 is 0 Å². The molecule has 3 aromatic heterocycles. The van der Waals surface area contributed by atoms with E-state index in [0.717, 1.165) is 42.2 Å². The molecule has 0 saturated carbocycles. The number of aliphatic hydroxyl groups is 1. The molecule has 11 heteroatoms. The Bertz CT molecular complexity index is 1270. The third-order valence-corrected chi connectivity index (χ3v) is 7.90. The van der Waals surface area contributed by atoms with Crippen LogP contribution in [0.3, 0.4) is 0 Å². The fraction of sp³-hybridized carbons (Fsp3) is 0.400. The summed E-state index contributed by atoms with van der Waals surface area (Å²) in [4.78, 5) is 32.4. The highest BCUT2D eigenvalue weighted by Gasteiger charge is 2.23. The Balaban J connectivity index is 0.000000515. The van der Waals surface area contributed by atoms with Crippen molar-refractivity contribution in [2.75, 3.05) is 44.2 Å². The third kappa shape index (κ3) is 9.89. The molecule has 5 rings (SSSR count). The van der Waals surface area contributed by atoms with Crippen LogP contribution in [0.4, 0.5) is 5.13 Å². The van der Waals surface area contributed by atoms with Gasteiger partial charge in [0.1, 0.15) is 11.4 Å². The molecule has 0 unspecified atom stereocenters. The molecule has 1 aromatic carbocycles. The Morgan fingerprint density at radius 1 is 1.10 bits per heavy atom. The molecule has 41 heavy (non-hydrogen) atoms. The molecule has 1 aliphatic rings. The number of carbonyl (C=O) groups is 2. The number of benzene rings is 1. The van der Waals surface area contributed by atoms with Crippen LogP contribution in [-0.4, -0.2) is 71.8 Å². The normalized spacial score (nSPS) is 12.9. The van der Waals surface area contributed by atoms with Crippen LogP contribution >= 0.6 is 22.7 Å². The summed E-state index contributed by atoms with van der Waals surface area (Å²) in [5.74, 6) is 0.611. The summed E-state index contributed by atoms with van der Waals surface area (Å²) in [7, 11) is 0. The van der Waals surface area contributed by atoms with Crippen LogP contribution in [0.25, 0.3) is 22.7 Å². The molecule has 0 radical (unpaired) electrons. The van der Waals surface area contributed by atoms with Crippen molar-refractivity contribution in [1.29, 1.82) is 0 Å². The summed E-state index contributed by atoms with van der Waals surface area (Å²) in [6.07, 6.45) is 5.35. The molecule has 4 heterocycles. The van der Waals surface area contributed by atoms with E-state index in [2.05, 4.69) is 15.4 Å². The van der Waals surface area contributed by atoms with E-state index in [0.29, 0.717) is 36.1 Å². The van der Waals surface area contributed by atoms with Crippen molar-refractivity contribution < 1.29 is 19.2 Å². The van der Waals surface area contributed by atoms with Crippen LogP contribution in [0.15, 0.2) is 63.8 Å². The van der Waals surface area contributed by atoms with Gasteiger partial charge < -0.3 is 19.8 Å². The number of thiazole rings is 1. The van der Waals surface area contributed by atoms with Gasteiger partial charge in [0.15, 0.2) is 10.9 Å². The minimum absolute atomic E-state index is 0.00656. The number of hydrogen-bond acceptors (Lipinski definition) is 9. The summed E-state index contributed by atoms with van der Waals surface area (Å²) >= 11 is 2.93. The predicted octanol–water partition coefficient (Wildman–Crippen LogP) is 5.80. The van der Waals surface area contributed by atoms with Gasteiger partial charge >= 0.3 is 0 Å². The Labute approximate surface area is 249 Å². The maximum atomic E-state index is 13.3. The van der Waals surface area contributed by atoms with Crippen molar-refractivity contribution >= 4 is 40.1 Å². The largest absolute Gasteiger partial charge is 0.395 e. The second kappa shape index (κ2) is 18.1. The van der Waals surface area contributed by atoms with Gasteiger partial charge in [-0.1, -0.05) is 61.8 Å². The van der Waals surface area contributed by atoms with Crippen molar-refractivity contribution in [3.05, 3.63) is 64.2 Å². The fourth-order valence-corrected chi connectivity index (χ4v) is 5.73. The molecule has 220 valence electrons. The number of likely N-dealkylation sites (tertiary alicyclic amines) is 1. The van der Waals surface area contributed by atoms with Gasteiger partial charge in [0.05, 0.1) is 11.5 Å². The number of anilines is 1. The number of carbonyl (C=O) groups excluding carboxylic acids is 2. The molecule has 2 N–H and O–H groups in total. The molecular formula is C30H39N5O4S2. The Morgan fingerprint density at radius 3 is 2.54 bits per heavy atom. The molecule has 9 nitrogen and oxygen atoms in total. The monoisotopic (exact) mass is 597 g/mol. The van der Waals surface area contributed by atoms with E-state index in [9.17, 15) is 9.59 Å². The predicted molar refractivity (Wildman–Crippen MR) is 166 cm³/mol. The van der Waals surface area contributed by atoms with Gasteiger partial charge in [-0.15, -0.1) is 22.7 Å². The van der Waals surface area contributed by atoms with Crippen molar-refractivity contribution in [3.8, 4) is 22.7 Å². The number of piperidine rings is 1. The molecule has 0 bridgehead atoms. The maximum Gasteiger partial charge on any atom is 0.270 e. The van der Waals surface area contributed by atoms with Crippen LogP contribution in [0.1, 0.15) is 49.2 Å². The lowest BCUT2D eigenvalue weighted by Gasteiger charge is -2.27. The molecule has 0 spiro atoms. The molecule has 0 atom stereocenters. The first kappa shape index (κ1) is 32.1. The number of rotatable bonds is 11. The third-order valence-electron chi connectivity index (χ3n) is 6.18. The zero-order valence-corrected chi connectivity index (χ0v) is 25.3. The highest BCUT2D eigenvalue weighted by Crippen LogP contribution is 2.31. The minimum Gasteiger partial charge on any atom is -0.395 e. The second-order valence-corrected chi connectivity index (χ2v) is 10.7. The fourth-order valence-electron chi connectivity index (χ4n) is 4.22. The highest BCUT2D eigenvalue weighted by molar-refractivity contribution is 7.14. The zero-order valence-electron chi connectivity index (χ0n) is 23.7. The molecule has 4 aromatic rings. The first-order chi connectivity index (χ1) is 20.2. The zero-order chi connectivity index (χ0) is 29.3. The van der Waals surface area contributed by atoms with E-state index in [1.807, 2.05) is 78.0 Å². The molecule has 2 amide bonds. The Hall–Kier alpha value is -3.38. The van der Waals surface area contributed by atoms with Crippen molar-refractivity contribution in [2.24, 2.45) is 0 Å². The van der Waals surface area contributed by atoms with Crippen LogP contribution < -0.4 is 10.2 Å². The van der Waals surface area contributed by atoms with E-state index in [4.69, 9.17) is 14.6 Å². The summed E-state index contributed by atoms with van der Waals surface area (Å²) in [5, 5.41) is 19.0. The standard InChI is InChI=1S/C25H26N4O2S2.C3H7NO2.C2H6/c30-24(23-11-7-16-32-23)29(15-8-14-28-12-5-2-6-13-28)25-26-21(18-33-25)22-17-20(27-31-22)19-9-3-1-4-10-19;5-2-1-4-3-6;1-2/h1,3-4,7,9-11,16-18H,2,5-6,8,12-15H2;3,5H,1-2H2,(H,4,6);1-2H3. The van der Waals surface area contributed by atoms with Gasteiger partial charge in [0, 0.05) is 30.1 Å². The van der Waals surface area contributed by atoms with E-state index in [1.54, 1.807) is 0 Å². The molecule has 1 aliphatic heterocycles. The first-order valence-electron chi connectivity index (χ1n) is 14.0. The lowest BCUT2D eigenvalue weighted by molar-refractivity contribution is -0.109. The van der Waals surface area contributed by atoms with E-state index in [1.165, 1.54) is 41.9 Å². The van der Waals surface area contributed by atoms with Crippen molar-refractivity contribution in [3.63, 3.8) is 0 Å². The highest BCUT2D eigenvalue weighted by atomic mass is 32.1. The van der Waals surface area contributed by atoms with Crippen molar-refractivity contribution in [2.45, 2.75) is 39.5 Å². The average Bonchev–Trinajstić information content (AvgIpc) is 3.83. The van der Waals surface area contributed by atoms with Gasteiger partial charge in [-0.25, -0.2) is 4.98 Å². The van der Waals surface area contributed by atoms with Crippen LogP contribution in [0.2, 0.25) is 0 Å². The SMILES string of the molecule is CC.O=C(c1cccs1)N(CCCN1CCCCC1)c1nc(-c2cc(-c3ccccc3)no2)cs1.O=CNCCO.